The van der Waals surface area contributed by atoms with Crippen molar-refractivity contribution < 1.29 is 35.1 Å². The summed E-state index contributed by atoms with van der Waals surface area (Å²) >= 11 is 0.551. The van der Waals surface area contributed by atoms with Gasteiger partial charge in [0.25, 0.3) is 0 Å². The van der Waals surface area contributed by atoms with Gasteiger partial charge in [-0.2, -0.15) is 26.3 Å². The van der Waals surface area contributed by atoms with Crippen LogP contribution in [0, 0.1) is 18.6 Å². The number of nitrogens with zero attached hydrogens (tertiary/aromatic N) is 1. The second-order valence-electron chi connectivity index (χ2n) is 6.22. The van der Waals surface area contributed by atoms with Crippen LogP contribution in [0.3, 0.4) is 0 Å². The summed E-state index contributed by atoms with van der Waals surface area (Å²) in [5, 5.41) is -0.400. The van der Waals surface area contributed by atoms with Crippen LogP contribution in [0.5, 0.6) is 0 Å². The third kappa shape index (κ3) is 4.58. The molecule has 10 heteroatoms. The fourth-order valence-corrected chi connectivity index (χ4v) is 3.49. The Kier molecular flexibility index (Phi) is 5.81. The molecule has 0 bridgehead atoms. The van der Waals surface area contributed by atoms with Gasteiger partial charge in [-0.25, -0.2) is 13.8 Å². The van der Waals surface area contributed by atoms with Crippen LogP contribution in [-0.4, -0.2) is 4.98 Å². The van der Waals surface area contributed by atoms with E-state index >= 15 is 0 Å². The molecule has 30 heavy (non-hydrogen) atoms. The highest BCUT2D eigenvalue weighted by molar-refractivity contribution is 7.99. The van der Waals surface area contributed by atoms with Crippen molar-refractivity contribution in [2.24, 2.45) is 0 Å². The molecule has 0 radical (unpaired) electrons. The molecule has 1 aromatic heterocycles. The second kappa shape index (κ2) is 7.90. The zero-order valence-electron chi connectivity index (χ0n) is 15.0. The average Bonchev–Trinajstić information content (AvgIpc) is 2.67. The molecule has 0 atom stereocenters. The van der Waals surface area contributed by atoms with Crippen molar-refractivity contribution in [1.29, 1.82) is 0 Å². The number of alkyl halides is 6. The van der Waals surface area contributed by atoms with E-state index in [-0.39, 0.29) is 10.5 Å². The smallest absolute Gasteiger partial charge is 0.235 e. The molecule has 0 aliphatic rings. The number of rotatable bonds is 3. The Morgan fingerprint density at radius 2 is 1.37 bits per heavy atom. The van der Waals surface area contributed by atoms with Crippen LogP contribution in [0.4, 0.5) is 35.1 Å². The van der Waals surface area contributed by atoms with E-state index in [1.54, 1.807) is 0 Å². The van der Waals surface area contributed by atoms with Crippen molar-refractivity contribution in [2.75, 3.05) is 0 Å². The maximum atomic E-state index is 14.5. The van der Waals surface area contributed by atoms with E-state index < -0.39 is 51.4 Å². The lowest BCUT2D eigenvalue weighted by Gasteiger charge is -2.13. The highest BCUT2D eigenvalue weighted by atomic mass is 32.2. The van der Waals surface area contributed by atoms with Crippen molar-refractivity contribution in [1.82, 2.24) is 4.98 Å². The molecule has 2 aromatic carbocycles. The average molecular weight is 449 g/mol. The van der Waals surface area contributed by atoms with Gasteiger partial charge in [-0.3, -0.25) is 0 Å². The first kappa shape index (κ1) is 22.1. The van der Waals surface area contributed by atoms with Crippen LogP contribution in [0.1, 0.15) is 16.7 Å². The number of pyridine rings is 1. The zero-order chi connectivity index (χ0) is 22.3. The van der Waals surface area contributed by atoms with Crippen LogP contribution in [0.15, 0.2) is 58.5 Å². The van der Waals surface area contributed by atoms with Crippen molar-refractivity contribution in [2.45, 2.75) is 29.2 Å². The van der Waals surface area contributed by atoms with Crippen LogP contribution in [0.25, 0.3) is 11.3 Å². The maximum absolute atomic E-state index is 14.5. The van der Waals surface area contributed by atoms with Gasteiger partial charge in [0, 0.05) is 16.0 Å². The summed E-state index contributed by atoms with van der Waals surface area (Å²) in [5.74, 6) is -2.13. The van der Waals surface area contributed by atoms with Crippen LogP contribution >= 0.6 is 11.8 Å². The van der Waals surface area contributed by atoms with E-state index in [0.29, 0.717) is 11.8 Å². The lowest BCUT2D eigenvalue weighted by molar-refractivity contribution is -0.138. The summed E-state index contributed by atoms with van der Waals surface area (Å²) in [5.41, 5.74) is -2.79. The number of hydrogen-bond acceptors (Lipinski definition) is 2. The number of aromatic nitrogens is 1. The Morgan fingerprint density at radius 1 is 0.767 bits per heavy atom. The summed E-state index contributed by atoms with van der Waals surface area (Å²) in [6, 6.07) is 7.52. The molecule has 0 saturated carbocycles. The van der Waals surface area contributed by atoms with Gasteiger partial charge in [-0.05, 0) is 37.3 Å². The van der Waals surface area contributed by atoms with Crippen LogP contribution < -0.4 is 0 Å². The molecule has 1 heterocycles. The first-order valence-electron chi connectivity index (χ1n) is 8.26. The Bertz CT molecular complexity index is 1070. The molecule has 0 aliphatic heterocycles. The van der Waals surface area contributed by atoms with Gasteiger partial charge < -0.3 is 0 Å². The van der Waals surface area contributed by atoms with E-state index in [1.165, 1.54) is 6.07 Å². The van der Waals surface area contributed by atoms with Crippen molar-refractivity contribution in [3.05, 3.63) is 76.9 Å². The molecule has 3 rings (SSSR count). The van der Waals surface area contributed by atoms with Crippen molar-refractivity contribution in [3.8, 4) is 11.3 Å². The third-order valence-corrected chi connectivity index (χ3v) is 5.08. The summed E-state index contributed by atoms with van der Waals surface area (Å²) < 4.78 is 106. The van der Waals surface area contributed by atoms with Crippen LogP contribution in [-0.2, 0) is 12.4 Å². The molecule has 0 amide bonds. The monoisotopic (exact) mass is 449 g/mol. The molecule has 3 aromatic rings. The quantitative estimate of drug-likeness (QED) is 0.384. The number of halogens is 8. The van der Waals surface area contributed by atoms with E-state index in [0.717, 1.165) is 49.4 Å². The summed E-state index contributed by atoms with van der Waals surface area (Å²) in [6.45, 7) is 1.11. The Balaban J connectivity index is 2.03. The molecule has 0 unspecified atom stereocenters. The molecule has 0 N–H and O–H groups in total. The Morgan fingerprint density at radius 3 is 1.93 bits per heavy atom. The van der Waals surface area contributed by atoms with E-state index in [4.69, 9.17) is 0 Å². The van der Waals surface area contributed by atoms with Crippen molar-refractivity contribution in [3.63, 3.8) is 0 Å². The van der Waals surface area contributed by atoms with Gasteiger partial charge >= 0.3 is 12.4 Å². The third-order valence-electron chi connectivity index (χ3n) is 4.13. The first-order valence-corrected chi connectivity index (χ1v) is 9.08. The van der Waals surface area contributed by atoms with E-state index in [2.05, 4.69) is 4.98 Å². The molecular weight excluding hydrogens is 438 g/mol. The molecule has 0 saturated heterocycles. The topological polar surface area (TPSA) is 12.9 Å². The first-order chi connectivity index (χ1) is 13.9. The molecule has 0 spiro atoms. The molecular formula is C20H11F8NS. The Hall–Kier alpha value is -2.62. The maximum Gasteiger partial charge on any atom is 0.416 e. The standard InChI is InChI=1S/C20H11F8NS/c1-10-15(21)17(11-5-7-12(8-6-11)19(23,24)25)29-18(16(10)22)30-14-4-2-3-13(9-14)20(26,27)28/h2-9H,1H3. The summed E-state index contributed by atoms with van der Waals surface area (Å²) in [4.78, 5) is 3.85. The van der Waals surface area contributed by atoms with Gasteiger partial charge in [0.2, 0.25) is 0 Å². The number of hydrogen-bond donors (Lipinski definition) is 0. The normalized spacial score (nSPS) is 12.3. The summed E-state index contributed by atoms with van der Waals surface area (Å²) in [6.07, 6.45) is -9.19. The van der Waals surface area contributed by atoms with Gasteiger partial charge in [0.1, 0.15) is 10.7 Å². The van der Waals surface area contributed by atoms with E-state index in [1.807, 2.05) is 0 Å². The minimum atomic E-state index is -4.60. The highest BCUT2D eigenvalue weighted by Crippen LogP contribution is 2.37. The largest absolute Gasteiger partial charge is 0.416 e. The highest BCUT2D eigenvalue weighted by Gasteiger charge is 2.31. The van der Waals surface area contributed by atoms with E-state index in [9.17, 15) is 35.1 Å². The minimum absolute atomic E-state index is 0.0144. The Labute approximate surface area is 169 Å². The fraction of sp³-hybridized carbons (Fsp3) is 0.150. The van der Waals surface area contributed by atoms with Gasteiger partial charge in [-0.1, -0.05) is 30.0 Å². The van der Waals surface area contributed by atoms with Crippen LogP contribution in [0.2, 0.25) is 0 Å². The lowest BCUT2D eigenvalue weighted by Crippen LogP contribution is -2.05. The predicted octanol–water partition coefficient (Wildman–Crippen LogP) is 7.52. The lowest BCUT2D eigenvalue weighted by atomic mass is 10.1. The van der Waals surface area contributed by atoms with Gasteiger partial charge in [-0.15, -0.1) is 0 Å². The molecule has 1 nitrogen and oxygen atoms in total. The number of benzene rings is 2. The molecule has 0 aliphatic carbocycles. The van der Waals surface area contributed by atoms with Gasteiger partial charge in [0.15, 0.2) is 11.6 Å². The zero-order valence-corrected chi connectivity index (χ0v) is 15.8. The molecule has 0 fully saturated rings. The fourth-order valence-electron chi connectivity index (χ4n) is 2.56. The minimum Gasteiger partial charge on any atom is -0.235 e. The SMILES string of the molecule is Cc1c(F)c(Sc2cccc(C(F)(F)F)c2)nc(-c2ccc(C(F)(F)F)cc2)c1F. The van der Waals surface area contributed by atoms with Gasteiger partial charge in [0.05, 0.1) is 11.1 Å². The molecule has 158 valence electrons. The van der Waals surface area contributed by atoms with Crippen molar-refractivity contribution >= 4 is 11.8 Å². The predicted molar refractivity (Wildman–Crippen MR) is 94.9 cm³/mol. The summed E-state index contributed by atoms with van der Waals surface area (Å²) in [7, 11) is 0. The second-order valence-corrected chi connectivity index (χ2v) is 7.28.